The normalized spacial score (nSPS) is 18.4. The fraction of sp³-hybridized carbons (Fsp3) is 0.382. The van der Waals surface area contributed by atoms with Crippen molar-refractivity contribution in [3.8, 4) is 16.9 Å². The van der Waals surface area contributed by atoms with Gasteiger partial charge in [0.1, 0.15) is 11.8 Å². The number of hydrogen-bond acceptors (Lipinski definition) is 7. The Morgan fingerprint density at radius 1 is 0.870 bits per heavy atom. The molecule has 3 aromatic rings. The van der Waals surface area contributed by atoms with E-state index in [-0.39, 0.29) is 35.4 Å². The maximum absolute atomic E-state index is 13.8. The Bertz CT molecular complexity index is 1590. The number of nitrogens with one attached hydrogen (secondary N) is 1. The molecule has 0 radical (unpaired) electrons. The van der Waals surface area contributed by atoms with Crippen molar-refractivity contribution in [1.29, 1.82) is 0 Å². The Morgan fingerprint density at radius 2 is 1.54 bits per heavy atom. The third kappa shape index (κ3) is 7.16. The van der Waals surface area contributed by atoms with Crippen LogP contribution in [0.15, 0.2) is 60.7 Å². The maximum Gasteiger partial charge on any atom is 0.265 e. The molecule has 0 bridgehead atoms. The van der Waals surface area contributed by atoms with Gasteiger partial charge in [-0.05, 0) is 41.8 Å². The Kier molecular flexibility index (Phi) is 10.1. The molecule has 3 aliphatic heterocycles. The molecule has 3 heterocycles. The van der Waals surface area contributed by atoms with E-state index in [1.165, 1.54) is 4.90 Å². The highest BCUT2D eigenvalue weighted by molar-refractivity contribution is 6.42. The monoisotopic (exact) mass is 666 g/mol. The van der Waals surface area contributed by atoms with E-state index >= 15 is 0 Å². The standard InChI is InChI=1S/C34H36Cl2N4O6/c1-22(40-30-18-27(35)28(36)19-31(30)46-21-32(40)41)33(42)37-29(20-38-9-13-44-14-10-38)24-7-5-23(6-8-24)25-3-2-4-26(17-25)34(43)39-11-15-45-16-12-39/h2-8,17-19,22,29H,9-16,20-21H2,1H3,(H,37,42). The fourth-order valence-corrected chi connectivity index (χ4v) is 6.28. The fourth-order valence-electron chi connectivity index (χ4n) is 5.96. The number of morpholine rings is 2. The molecule has 2 unspecified atom stereocenters. The summed E-state index contributed by atoms with van der Waals surface area (Å²) in [5.74, 6) is -0.276. The lowest BCUT2D eigenvalue weighted by Gasteiger charge is -2.35. The minimum absolute atomic E-state index is 0.00378. The molecule has 0 aliphatic carbocycles. The van der Waals surface area contributed by atoms with Crippen LogP contribution in [-0.2, 0) is 19.1 Å². The summed E-state index contributed by atoms with van der Waals surface area (Å²) in [5.41, 5.74) is 3.84. The molecule has 12 heteroatoms. The van der Waals surface area contributed by atoms with Gasteiger partial charge in [-0.15, -0.1) is 0 Å². The zero-order chi connectivity index (χ0) is 32.2. The number of hydrogen-bond donors (Lipinski definition) is 1. The number of amides is 3. The van der Waals surface area contributed by atoms with Crippen LogP contribution in [0.5, 0.6) is 5.75 Å². The Labute approximate surface area is 278 Å². The lowest BCUT2D eigenvalue weighted by molar-refractivity contribution is -0.128. The van der Waals surface area contributed by atoms with Crippen LogP contribution in [-0.4, -0.2) is 99.3 Å². The lowest BCUT2D eigenvalue weighted by atomic mass is 9.98. The molecule has 6 rings (SSSR count). The summed E-state index contributed by atoms with van der Waals surface area (Å²) in [6, 6.07) is 17.5. The number of nitrogens with zero attached hydrogens (tertiary/aromatic N) is 3. The highest BCUT2D eigenvalue weighted by Gasteiger charge is 2.35. The van der Waals surface area contributed by atoms with E-state index in [1.807, 2.05) is 53.4 Å². The molecule has 0 saturated carbocycles. The molecule has 242 valence electrons. The van der Waals surface area contributed by atoms with Gasteiger partial charge in [-0.3, -0.25) is 24.2 Å². The SMILES string of the molecule is CC(C(=O)NC(CN1CCOCC1)c1ccc(-c2cccc(C(=O)N3CCOCC3)c2)cc1)N1C(=O)COc2cc(Cl)c(Cl)cc21. The van der Waals surface area contributed by atoms with Crippen LogP contribution in [0.4, 0.5) is 5.69 Å². The minimum Gasteiger partial charge on any atom is -0.482 e. The number of benzene rings is 3. The van der Waals surface area contributed by atoms with Crippen molar-refractivity contribution in [2.24, 2.45) is 0 Å². The largest absolute Gasteiger partial charge is 0.482 e. The van der Waals surface area contributed by atoms with Crippen molar-refractivity contribution >= 4 is 46.6 Å². The Morgan fingerprint density at radius 3 is 2.26 bits per heavy atom. The number of fused-ring (bicyclic) bond motifs is 1. The van der Waals surface area contributed by atoms with Gasteiger partial charge in [-0.1, -0.05) is 59.6 Å². The van der Waals surface area contributed by atoms with E-state index in [4.69, 9.17) is 37.4 Å². The van der Waals surface area contributed by atoms with Gasteiger partial charge in [0.25, 0.3) is 11.8 Å². The van der Waals surface area contributed by atoms with E-state index in [2.05, 4.69) is 10.2 Å². The molecule has 3 aliphatic rings. The molecular formula is C34H36Cl2N4O6. The third-order valence-corrected chi connectivity index (χ3v) is 9.29. The van der Waals surface area contributed by atoms with Crippen molar-refractivity contribution in [2.75, 3.05) is 70.7 Å². The van der Waals surface area contributed by atoms with Crippen LogP contribution < -0.4 is 15.0 Å². The Hall–Kier alpha value is -3.67. The van der Waals surface area contributed by atoms with E-state index in [9.17, 15) is 14.4 Å². The molecule has 0 spiro atoms. The van der Waals surface area contributed by atoms with Gasteiger partial charge in [0.05, 0.1) is 48.2 Å². The van der Waals surface area contributed by atoms with E-state index < -0.39 is 6.04 Å². The van der Waals surface area contributed by atoms with Gasteiger partial charge in [-0.2, -0.15) is 0 Å². The second-order valence-corrected chi connectivity index (χ2v) is 12.4. The average Bonchev–Trinajstić information content (AvgIpc) is 3.09. The van der Waals surface area contributed by atoms with E-state index in [0.717, 1.165) is 29.8 Å². The highest BCUT2D eigenvalue weighted by Crippen LogP contribution is 2.39. The second-order valence-electron chi connectivity index (χ2n) is 11.5. The summed E-state index contributed by atoms with van der Waals surface area (Å²) >= 11 is 12.4. The quantitative estimate of drug-likeness (QED) is 0.380. The number of halogens is 2. The summed E-state index contributed by atoms with van der Waals surface area (Å²) in [4.78, 5) is 45.4. The molecule has 46 heavy (non-hydrogen) atoms. The van der Waals surface area contributed by atoms with Crippen molar-refractivity contribution in [1.82, 2.24) is 15.1 Å². The van der Waals surface area contributed by atoms with Crippen molar-refractivity contribution < 1.29 is 28.6 Å². The van der Waals surface area contributed by atoms with Gasteiger partial charge in [-0.25, -0.2) is 0 Å². The van der Waals surface area contributed by atoms with Gasteiger partial charge in [0, 0.05) is 44.4 Å². The average molecular weight is 668 g/mol. The zero-order valence-electron chi connectivity index (χ0n) is 25.5. The number of anilines is 1. The van der Waals surface area contributed by atoms with Crippen molar-refractivity contribution in [3.63, 3.8) is 0 Å². The van der Waals surface area contributed by atoms with Crippen LogP contribution in [0.1, 0.15) is 28.9 Å². The third-order valence-electron chi connectivity index (χ3n) is 8.56. The van der Waals surface area contributed by atoms with E-state index in [1.54, 1.807) is 19.1 Å². The first-order valence-electron chi connectivity index (χ1n) is 15.4. The van der Waals surface area contributed by atoms with Crippen LogP contribution in [0.2, 0.25) is 10.0 Å². The van der Waals surface area contributed by atoms with Crippen LogP contribution in [0, 0.1) is 0 Å². The molecule has 3 amide bonds. The van der Waals surface area contributed by atoms with E-state index in [0.29, 0.717) is 68.1 Å². The van der Waals surface area contributed by atoms with Crippen LogP contribution in [0.25, 0.3) is 11.1 Å². The van der Waals surface area contributed by atoms with Crippen molar-refractivity contribution in [2.45, 2.75) is 19.0 Å². The lowest BCUT2D eigenvalue weighted by Crippen LogP contribution is -2.53. The van der Waals surface area contributed by atoms with Gasteiger partial charge >= 0.3 is 0 Å². The molecule has 0 aromatic heterocycles. The molecule has 3 aromatic carbocycles. The topological polar surface area (TPSA) is 101 Å². The first-order valence-corrected chi connectivity index (χ1v) is 16.2. The van der Waals surface area contributed by atoms with Gasteiger partial charge in [0.15, 0.2) is 6.61 Å². The summed E-state index contributed by atoms with van der Waals surface area (Å²) in [7, 11) is 0. The number of carbonyl (C=O) groups is 3. The molecule has 1 N–H and O–H groups in total. The maximum atomic E-state index is 13.8. The zero-order valence-corrected chi connectivity index (χ0v) is 27.1. The van der Waals surface area contributed by atoms with Crippen LogP contribution in [0.3, 0.4) is 0 Å². The number of carbonyl (C=O) groups excluding carboxylic acids is 3. The molecule has 2 fully saturated rings. The summed E-state index contributed by atoms with van der Waals surface area (Å²) in [5, 5.41) is 3.76. The van der Waals surface area contributed by atoms with Gasteiger partial charge < -0.3 is 24.4 Å². The number of rotatable bonds is 8. The second kappa shape index (κ2) is 14.4. The smallest absolute Gasteiger partial charge is 0.265 e. The predicted octanol–water partition coefficient (Wildman–Crippen LogP) is 4.44. The Balaban J connectivity index is 1.22. The highest BCUT2D eigenvalue weighted by atomic mass is 35.5. The summed E-state index contributed by atoms with van der Waals surface area (Å²) in [6.07, 6.45) is 0. The summed E-state index contributed by atoms with van der Waals surface area (Å²) in [6.45, 7) is 7.06. The van der Waals surface area contributed by atoms with Gasteiger partial charge in [0.2, 0.25) is 5.91 Å². The first-order chi connectivity index (χ1) is 22.3. The molecule has 2 atom stereocenters. The predicted molar refractivity (Wildman–Crippen MR) is 176 cm³/mol. The molecule has 2 saturated heterocycles. The number of ether oxygens (including phenoxy) is 3. The summed E-state index contributed by atoms with van der Waals surface area (Å²) < 4.78 is 16.5. The minimum atomic E-state index is -0.842. The van der Waals surface area contributed by atoms with Crippen molar-refractivity contribution in [3.05, 3.63) is 81.8 Å². The molecular weight excluding hydrogens is 631 g/mol. The molecule has 10 nitrogen and oxygen atoms in total. The first kappa shape index (κ1) is 32.3. The van der Waals surface area contributed by atoms with Crippen LogP contribution >= 0.6 is 23.2 Å².